The Morgan fingerprint density at radius 2 is 2.17 bits per heavy atom. The lowest BCUT2D eigenvalue weighted by Gasteiger charge is -2.58. The van der Waals surface area contributed by atoms with Crippen LogP contribution in [0.1, 0.15) is 51.9 Å². The summed E-state index contributed by atoms with van der Waals surface area (Å²) in [6, 6.07) is 0.946. The van der Waals surface area contributed by atoms with Crippen molar-refractivity contribution in [3.63, 3.8) is 0 Å². The van der Waals surface area contributed by atoms with Crippen LogP contribution in [0.25, 0.3) is 0 Å². The summed E-state index contributed by atoms with van der Waals surface area (Å²) in [6.07, 6.45) is 8.65. The van der Waals surface area contributed by atoms with E-state index >= 15 is 0 Å². The van der Waals surface area contributed by atoms with Crippen molar-refractivity contribution < 1.29 is 9.53 Å². The average molecular weight is 330 g/mol. The highest BCUT2D eigenvalue weighted by Crippen LogP contribution is 2.64. The third-order valence-electron chi connectivity index (χ3n) is 8.12. The molecule has 132 valence electrons. The standard InChI is InChI=1S/C20H30N2O2/c1-3-12-13-8-10-22-11-9-20(18(12)22)14-6-4-5-7-15(14)21-17(20)16(13)19(23)24-2/h12-13,16-18,21H,3-11H2,1-2H3/t12-,13-,16+,17-,18+,20+/m0/s1. The normalized spacial score (nSPS) is 46.3. The van der Waals surface area contributed by atoms with E-state index in [1.165, 1.54) is 57.3 Å². The summed E-state index contributed by atoms with van der Waals surface area (Å²) in [6.45, 7) is 4.73. The van der Waals surface area contributed by atoms with Gasteiger partial charge >= 0.3 is 5.97 Å². The topological polar surface area (TPSA) is 41.6 Å². The summed E-state index contributed by atoms with van der Waals surface area (Å²) in [5, 5.41) is 3.90. The van der Waals surface area contributed by atoms with Crippen molar-refractivity contribution in [3.05, 3.63) is 11.3 Å². The minimum Gasteiger partial charge on any atom is -0.469 e. The molecule has 0 aromatic rings. The van der Waals surface area contributed by atoms with Crippen LogP contribution in [0.5, 0.6) is 0 Å². The second kappa shape index (κ2) is 5.23. The molecule has 1 saturated carbocycles. The average Bonchev–Trinajstić information content (AvgIpc) is 3.17. The van der Waals surface area contributed by atoms with E-state index < -0.39 is 0 Å². The summed E-state index contributed by atoms with van der Waals surface area (Å²) < 4.78 is 5.33. The molecule has 2 saturated heterocycles. The van der Waals surface area contributed by atoms with Gasteiger partial charge in [-0.05, 0) is 69.0 Å². The van der Waals surface area contributed by atoms with Gasteiger partial charge in [-0.25, -0.2) is 0 Å². The van der Waals surface area contributed by atoms with Gasteiger partial charge in [-0.2, -0.15) is 0 Å². The molecule has 4 heteroatoms. The summed E-state index contributed by atoms with van der Waals surface area (Å²) in [5.74, 6) is 1.22. The molecule has 3 fully saturated rings. The SMILES string of the molecule is CC[C@H]1[C@@H]2CCN3CC[C@]4(C5=C(CCCC5)N[C@H]4[C@@H]2C(=O)OC)[C@@H]13. The molecule has 4 nitrogen and oxygen atoms in total. The number of carbonyl (C=O) groups excluding carboxylic acids is 1. The van der Waals surface area contributed by atoms with Crippen LogP contribution in [-0.4, -0.2) is 43.2 Å². The van der Waals surface area contributed by atoms with Crippen molar-refractivity contribution >= 4 is 5.97 Å². The van der Waals surface area contributed by atoms with Crippen LogP contribution in [0.4, 0.5) is 0 Å². The molecule has 0 aromatic carbocycles. The van der Waals surface area contributed by atoms with Crippen molar-refractivity contribution in [1.82, 2.24) is 10.2 Å². The molecule has 1 spiro atoms. The molecule has 2 bridgehead atoms. The van der Waals surface area contributed by atoms with Gasteiger partial charge in [-0.3, -0.25) is 9.69 Å². The molecular formula is C20H30N2O2. The molecule has 0 aromatic heterocycles. The minimum atomic E-state index is 0.0361. The zero-order chi connectivity index (χ0) is 16.5. The summed E-state index contributed by atoms with van der Waals surface area (Å²) >= 11 is 0. The highest BCUT2D eigenvalue weighted by molar-refractivity contribution is 5.75. The van der Waals surface area contributed by atoms with Crippen molar-refractivity contribution in [1.29, 1.82) is 0 Å². The van der Waals surface area contributed by atoms with E-state index in [1.54, 1.807) is 12.7 Å². The van der Waals surface area contributed by atoms with E-state index in [0.29, 0.717) is 17.9 Å². The third-order valence-corrected chi connectivity index (χ3v) is 8.12. The Bertz CT molecular complexity index is 600. The van der Waals surface area contributed by atoms with Crippen molar-refractivity contribution in [2.45, 2.75) is 64.0 Å². The Kier molecular flexibility index (Phi) is 3.32. The number of hydrogen-bond acceptors (Lipinski definition) is 4. The fourth-order valence-electron chi connectivity index (χ4n) is 7.44. The third kappa shape index (κ3) is 1.66. The lowest BCUT2D eigenvalue weighted by Crippen LogP contribution is -2.66. The molecule has 0 radical (unpaired) electrons. The highest BCUT2D eigenvalue weighted by Gasteiger charge is 2.69. The molecule has 0 amide bonds. The van der Waals surface area contributed by atoms with Gasteiger partial charge in [-0.15, -0.1) is 0 Å². The van der Waals surface area contributed by atoms with Gasteiger partial charge in [0.2, 0.25) is 0 Å². The van der Waals surface area contributed by atoms with Crippen molar-refractivity contribution in [2.24, 2.45) is 23.2 Å². The maximum atomic E-state index is 12.9. The second-order valence-corrected chi connectivity index (χ2v) is 8.63. The van der Waals surface area contributed by atoms with Crippen LogP contribution in [-0.2, 0) is 9.53 Å². The molecule has 3 aliphatic heterocycles. The monoisotopic (exact) mass is 330 g/mol. The lowest BCUT2D eigenvalue weighted by atomic mass is 9.51. The maximum Gasteiger partial charge on any atom is 0.311 e. The van der Waals surface area contributed by atoms with E-state index in [1.807, 2.05) is 0 Å². The van der Waals surface area contributed by atoms with Crippen molar-refractivity contribution in [2.75, 3.05) is 20.2 Å². The molecule has 6 atom stereocenters. The lowest BCUT2D eigenvalue weighted by molar-refractivity contribution is -0.159. The number of esters is 1. The number of piperidine rings is 1. The maximum absolute atomic E-state index is 12.9. The largest absolute Gasteiger partial charge is 0.469 e. The zero-order valence-electron chi connectivity index (χ0n) is 15.0. The molecule has 3 heterocycles. The number of rotatable bonds is 2. The van der Waals surface area contributed by atoms with E-state index in [0.717, 1.165) is 6.42 Å². The first-order valence-corrected chi connectivity index (χ1v) is 10.0. The number of allylic oxidation sites excluding steroid dienone is 1. The number of methoxy groups -OCH3 is 1. The van der Waals surface area contributed by atoms with Crippen LogP contribution < -0.4 is 5.32 Å². The second-order valence-electron chi connectivity index (χ2n) is 8.63. The minimum absolute atomic E-state index is 0.0361. The molecule has 1 N–H and O–H groups in total. The van der Waals surface area contributed by atoms with Crippen molar-refractivity contribution in [3.8, 4) is 0 Å². The number of carbonyl (C=O) groups is 1. The summed E-state index contributed by atoms with van der Waals surface area (Å²) in [7, 11) is 1.58. The molecule has 0 unspecified atom stereocenters. The van der Waals surface area contributed by atoms with Crippen LogP contribution in [0.15, 0.2) is 11.3 Å². The highest BCUT2D eigenvalue weighted by atomic mass is 16.5. The van der Waals surface area contributed by atoms with E-state index in [4.69, 9.17) is 4.74 Å². The Labute approximate surface area is 145 Å². The molecule has 5 aliphatic rings. The van der Waals surface area contributed by atoms with Gasteiger partial charge in [0.1, 0.15) is 0 Å². The fraction of sp³-hybridized carbons (Fsp3) is 0.850. The molecule has 5 rings (SSSR count). The Balaban J connectivity index is 1.68. The predicted octanol–water partition coefficient (Wildman–Crippen LogP) is 2.70. The van der Waals surface area contributed by atoms with Crippen LogP contribution in [0, 0.1) is 23.2 Å². The number of nitrogens with zero attached hydrogens (tertiary/aromatic N) is 1. The molecule has 24 heavy (non-hydrogen) atoms. The van der Waals surface area contributed by atoms with Gasteiger partial charge in [-0.1, -0.05) is 13.3 Å². The van der Waals surface area contributed by atoms with Gasteiger partial charge in [0, 0.05) is 17.2 Å². The fourth-order valence-corrected chi connectivity index (χ4v) is 7.44. The first kappa shape index (κ1) is 15.2. The smallest absolute Gasteiger partial charge is 0.311 e. The number of hydrogen-bond donors (Lipinski definition) is 1. The summed E-state index contributed by atoms with van der Waals surface area (Å²) in [4.78, 5) is 15.6. The van der Waals surface area contributed by atoms with Gasteiger partial charge in [0.25, 0.3) is 0 Å². The Hall–Kier alpha value is -1.03. The predicted molar refractivity (Wildman–Crippen MR) is 92.2 cm³/mol. The van der Waals surface area contributed by atoms with E-state index in [2.05, 4.69) is 17.1 Å². The van der Waals surface area contributed by atoms with Gasteiger partial charge in [0.15, 0.2) is 0 Å². The van der Waals surface area contributed by atoms with Crippen LogP contribution in [0.2, 0.25) is 0 Å². The molecule has 2 aliphatic carbocycles. The van der Waals surface area contributed by atoms with E-state index in [-0.39, 0.29) is 23.3 Å². The first-order chi connectivity index (χ1) is 11.7. The number of ether oxygens (including phenoxy) is 1. The van der Waals surface area contributed by atoms with E-state index in [9.17, 15) is 4.79 Å². The Morgan fingerprint density at radius 1 is 1.33 bits per heavy atom. The van der Waals surface area contributed by atoms with Gasteiger partial charge in [0.05, 0.1) is 19.1 Å². The first-order valence-electron chi connectivity index (χ1n) is 10.0. The number of nitrogens with one attached hydrogen (secondary N) is 1. The number of fused-ring (bicyclic) bond motifs is 1. The zero-order valence-corrected chi connectivity index (χ0v) is 15.0. The summed E-state index contributed by atoms with van der Waals surface area (Å²) in [5.41, 5.74) is 3.43. The van der Waals surface area contributed by atoms with Gasteiger partial charge < -0.3 is 10.1 Å². The quantitative estimate of drug-likeness (QED) is 0.791. The molecular weight excluding hydrogens is 300 g/mol. The van der Waals surface area contributed by atoms with Crippen LogP contribution in [0.3, 0.4) is 0 Å². The van der Waals surface area contributed by atoms with Crippen LogP contribution >= 0.6 is 0 Å². The Morgan fingerprint density at radius 3 is 2.96 bits per heavy atom.